The van der Waals surface area contributed by atoms with Crippen LogP contribution in [-0.2, 0) is 0 Å². The molecule has 0 saturated heterocycles. The standard InChI is InChI=1S/C20H15FN2O3/c1-26-18-11-10-15(12-22-18)23-20(25)17-5-3-2-4-16(17)19(24)13-6-8-14(21)9-7-13/h2-12H,1H3,(H,23,25). The molecule has 2 aromatic carbocycles. The molecule has 0 saturated carbocycles. The Kier molecular flexibility index (Phi) is 5.03. The largest absolute Gasteiger partial charge is 0.481 e. The van der Waals surface area contributed by atoms with Gasteiger partial charge in [-0.15, -0.1) is 0 Å². The molecule has 0 aliphatic heterocycles. The number of methoxy groups -OCH3 is 1. The molecule has 5 nitrogen and oxygen atoms in total. The van der Waals surface area contributed by atoms with Gasteiger partial charge in [0.15, 0.2) is 5.78 Å². The van der Waals surface area contributed by atoms with Gasteiger partial charge in [0, 0.05) is 17.2 Å². The van der Waals surface area contributed by atoms with E-state index in [1.54, 1.807) is 36.4 Å². The third-order valence-electron chi connectivity index (χ3n) is 3.73. The van der Waals surface area contributed by atoms with E-state index in [1.165, 1.54) is 37.6 Å². The van der Waals surface area contributed by atoms with Crippen molar-refractivity contribution < 1.29 is 18.7 Å². The van der Waals surface area contributed by atoms with Crippen molar-refractivity contribution in [1.29, 1.82) is 0 Å². The monoisotopic (exact) mass is 350 g/mol. The molecule has 0 atom stereocenters. The maximum atomic E-state index is 13.1. The van der Waals surface area contributed by atoms with Gasteiger partial charge in [-0.3, -0.25) is 9.59 Å². The number of hydrogen-bond acceptors (Lipinski definition) is 4. The zero-order valence-corrected chi connectivity index (χ0v) is 13.9. The molecule has 3 aromatic rings. The molecular weight excluding hydrogens is 335 g/mol. The van der Waals surface area contributed by atoms with Gasteiger partial charge in [0.25, 0.3) is 5.91 Å². The van der Waals surface area contributed by atoms with Gasteiger partial charge in [-0.25, -0.2) is 9.37 Å². The lowest BCUT2D eigenvalue weighted by molar-refractivity contribution is 0.0996. The normalized spacial score (nSPS) is 10.2. The average molecular weight is 350 g/mol. The van der Waals surface area contributed by atoms with E-state index >= 15 is 0 Å². The first kappa shape index (κ1) is 17.3. The highest BCUT2D eigenvalue weighted by Gasteiger charge is 2.18. The van der Waals surface area contributed by atoms with Crippen molar-refractivity contribution in [2.75, 3.05) is 12.4 Å². The molecule has 0 aliphatic rings. The van der Waals surface area contributed by atoms with Crippen molar-refractivity contribution in [3.05, 3.63) is 89.4 Å². The van der Waals surface area contributed by atoms with E-state index < -0.39 is 11.7 Å². The van der Waals surface area contributed by atoms with E-state index in [0.717, 1.165) is 0 Å². The summed E-state index contributed by atoms with van der Waals surface area (Å²) in [6.45, 7) is 0. The number of ketones is 1. The molecule has 1 heterocycles. The maximum absolute atomic E-state index is 13.1. The molecule has 0 unspecified atom stereocenters. The van der Waals surface area contributed by atoms with E-state index in [4.69, 9.17) is 4.74 Å². The minimum Gasteiger partial charge on any atom is -0.481 e. The zero-order valence-electron chi connectivity index (χ0n) is 13.9. The quantitative estimate of drug-likeness (QED) is 0.712. The average Bonchev–Trinajstić information content (AvgIpc) is 2.68. The summed E-state index contributed by atoms with van der Waals surface area (Å²) in [7, 11) is 1.50. The third-order valence-corrected chi connectivity index (χ3v) is 3.73. The predicted octanol–water partition coefficient (Wildman–Crippen LogP) is 3.71. The number of pyridine rings is 1. The summed E-state index contributed by atoms with van der Waals surface area (Å²) >= 11 is 0. The number of amides is 1. The van der Waals surface area contributed by atoms with Crippen LogP contribution in [0.2, 0.25) is 0 Å². The maximum Gasteiger partial charge on any atom is 0.256 e. The van der Waals surface area contributed by atoms with Crippen LogP contribution in [0.5, 0.6) is 5.88 Å². The van der Waals surface area contributed by atoms with Crippen LogP contribution in [0.3, 0.4) is 0 Å². The Hall–Kier alpha value is -3.54. The highest BCUT2D eigenvalue weighted by atomic mass is 19.1. The lowest BCUT2D eigenvalue weighted by atomic mass is 9.98. The van der Waals surface area contributed by atoms with Gasteiger partial charge in [0.05, 0.1) is 24.6 Å². The summed E-state index contributed by atoms with van der Waals surface area (Å²) in [5, 5.41) is 2.70. The van der Waals surface area contributed by atoms with Crippen molar-refractivity contribution in [1.82, 2.24) is 4.98 Å². The molecule has 0 spiro atoms. The van der Waals surface area contributed by atoms with Gasteiger partial charge in [0.2, 0.25) is 5.88 Å². The number of carbonyl (C=O) groups is 2. The molecule has 3 rings (SSSR count). The first-order valence-electron chi connectivity index (χ1n) is 7.79. The number of nitrogens with one attached hydrogen (secondary N) is 1. The van der Waals surface area contributed by atoms with Crippen molar-refractivity contribution in [2.24, 2.45) is 0 Å². The Labute approximate surface area is 149 Å². The van der Waals surface area contributed by atoms with Crippen LogP contribution in [0, 0.1) is 5.82 Å². The molecule has 1 N–H and O–H groups in total. The van der Waals surface area contributed by atoms with Crippen LogP contribution < -0.4 is 10.1 Å². The zero-order chi connectivity index (χ0) is 18.5. The molecule has 130 valence electrons. The van der Waals surface area contributed by atoms with Gasteiger partial charge >= 0.3 is 0 Å². The van der Waals surface area contributed by atoms with Crippen LogP contribution in [0.4, 0.5) is 10.1 Å². The number of halogens is 1. The van der Waals surface area contributed by atoms with Crippen LogP contribution in [0.1, 0.15) is 26.3 Å². The number of rotatable bonds is 5. The van der Waals surface area contributed by atoms with E-state index in [2.05, 4.69) is 10.3 Å². The second-order valence-electron chi connectivity index (χ2n) is 5.42. The predicted molar refractivity (Wildman–Crippen MR) is 95.0 cm³/mol. The number of carbonyl (C=O) groups excluding carboxylic acids is 2. The summed E-state index contributed by atoms with van der Waals surface area (Å²) in [5.41, 5.74) is 1.23. The smallest absolute Gasteiger partial charge is 0.256 e. The Morgan fingerprint density at radius 3 is 2.27 bits per heavy atom. The highest BCUT2D eigenvalue weighted by Crippen LogP contribution is 2.18. The Balaban J connectivity index is 1.87. The fourth-order valence-corrected chi connectivity index (χ4v) is 2.41. The molecule has 0 aliphatic carbocycles. The number of anilines is 1. The van der Waals surface area contributed by atoms with Crippen molar-refractivity contribution >= 4 is 17.4 Å². The summed E-state index contributed by atoms with van der Waals surface area (Å²) in [6, 6.07) is 14.9. The van der Waals surface area contributed by atoms with Crippen molar-refractivity contribution in [3.8, 4) is 5.88 Å². The van der Waals surface area contributed by atoms with Crippen LogP contribution in [0.15, 0.2) is 66.9 Å². The Morgan fingerprint density at radius 1 is 0.962 bits per heavy atom. The summed E-state index contributed by atoms with van der Waals surface area (Å²) in [4.78, 5) is 29.3. The first-order valence-corrected chi connectivity index (χ1v) is 7.79. The van der Waals surface area contributed by atoms with E-state index in [-0.39, 0.29) is 16.9 Å². The fourth-order valence-electron chi connectivity index (χ4n) is 2.41. The minimum atomic E-state index is -0.442. The third kappa shape index (κ3) is 3.75. The highest BCUT2D eigenvalue weighted by molar-refractivity contribution is 6.17. The minimum absolute atomic E-state index is 0.220. The number of nitrogens with zero attached hydrogens (tertiary/aromatic N) is 1. The van der Waals surface area contributed by atoms with Crippen LogP contribution >= 0.6 is 0 Å². The van der Waals surface area contributed by atoms with Gasteiger partial charge in [0.1, 0.15) is 5.82 Å². The Bertz CT molecular complexity index is 938. The fraction of sp³-hybridized carbons (Fsp3) is 0.0500. The number of hydrogen-bond donors (Lipinski definition) is 1. The van der Waals surface area contributed by atoms with Crippen LogP contribution in [0.25, 0.3) is 0 Å². The number of ether oxygens (including phenoxy) is 1. The first-order chi connectivity index (χ1) is 12.6. The lowest BCUT2D eigenvalue weighted by Gasteiger charge is -2.10. The topological polar surface area (TPSA) is 68.3 Å². The van der Waals surface area contributed by atoms with Crippen LogP contribution in [-0.4, -0.2) is 23.8 Å². The molecule has 0 radical (unpaired) electrons. The SMILES string of the molecule is COc1ccc(NC(=O)c2ccccc2C(=O)c2ccc(F)cc2)cn1. The molecular formula is C20H15FN2O3. The molecule has 0 bridgehead atoms. The molecule has 1 aromatic heterocycles. The molecule has 26 heavy (non-hydrogen) atoms. The second-order valence-corrected chi connectivity index (χ2v) is 5.42. The molecule has 1 amide bonds. The summed E-state index contributed by atoms with van der Waals surface area (Å²) in [5.74, 6) is -0.805. The van der Waals surface area contributed by atoms with Gasteiger partial charge in [-0.05, 0) is 36.4 Å². The summed E-state index contributed by atoms with van der Waals surface area (Å²) < 4.78 is 18.0. The Morgan fingerprint density at radius 2 is 1.65 bits per heavy atom. The van der Waals surface area contributed by atoms with Crippen molar-refractivity contribution in [2.45, 2.75) is 0 Å². The molecule has 6 heteroatoms. The van der Waals surface area contributed by atoms with Gasteiger partial charge < -0.3 is 10.1 Å². The van der Waals surface area contributed by atoms with E-state index in [1.807, 2.05) is 0 Å². The lowest BCUT2D eigenvalue weighted by Crippen LogP contribution is -2.17. The van der Waals surface area contributed by atoms with E-state index in [9.17, 15) is 14.0 Å². The number of benzene rings is 2. The second kappa shape index (κ2) is 7.57. The van der Waals surface area contributed by atoms with E-state index in [0.29, 0.717) is 17.1 Å². The number of aromatic nitrogens is 1. The van der Waals surface area contributed by atoms with Gasteiger partial charge in [-0.1, -0.05) is 18.2 Å². The summed E-state index contributed by atoms with van der Waals surface area (Å²) in [6.07, 6.45) is 1.46. The molecule has 0 fully saturated rings. The van der Waals surface area contributed by atoms with Gasteiger partial charge in [-0.2, -0.15) is 0 Å². The van der Waals surface area contributed by atoms with Crippen molar-refractivity contribution in [3.63, 3.8) is 0 Å².